The highest BCUT2D eigenvalue weighted by Crippen LogP contribution is 2.25. The largest absolute Gasteiger partial charge is 0.462 e. The third kappa shape index (κ3) is 4.03. The lowest BCUT2D eigenvalue weighted by Crippen LogP contribution is -2.14. The summed E-state index contributed by atoms with van der Waals surface area (Å²) >= 11 is 5.99. The Kier molecular flexibility index (Phi) is 5.28. The summed E-state index contributed by atoms with van der Waals surface area (Å²) in [6, 6.07) is 10.5. The van der Waals surface area contributed by atoms with E-state index in [-0.39, 0.29) is 11.5 Å². The molecule has 2 rings (SSSR count). The highest BCUT2D eigenvalue weighted by Gasteiger charge is 2.17. The zero-order valence-electron chi connectivity index (χ0n) is 12.7. The molecule has 1 N–H and O–H groups in total. The van der Waals surface area contributed by atoms with Crippen molar-refractivity contribution in [2.24, 2.45) is 0 Å². The van der Waals surface area contributed by atoms with Gasteiger partial charge in [0.05, 0.1) is 22.8 Å². The van der Waals surface area contributed by atoms with E-state index >= 15 is 0 Å². The van der Waals surface area contributed by atoms with Crippen LogP contribution in [0.25, 0.3) is 0 Å². The number of carbonyl (C=O) groups is 1. The van der Waals surface area contributed by atoms with E-state index in [9.17, 15) is 13.2 Å². The van der Waals surface area contributed by atoms with Gasteiger partial charge in [-0.3, -0.25) is 4.72 Å². The van der Waals surface area contributed by atoms with Crippen molar-refractivity contribution in [2.45, 2.75) is 18.7 Å². The minimum atomic E-state index is -3.77. The van der Waals surface area contributed by atoms with Crippen molar-refractivity contribution in [2.75, 3.05) is 11.3 Å². The molecule has 5 nitrogen and oxygen atoms in total. The molecule has 2 aromatic rings. The van der Waals surface area contributed by atoms with Crippen LogP contribution in [0.3, 0.4) is 0 Å². The van der Waals surface area contributed by atoms with Gasteiger partial charge < -0.3 is 4.74 Å². The van der Waals surface area contributed by atoms with Crippen molar-refractivity contribution >= 4 is 33.3 Å². The average Bonchev–Trinajstić information content (AvgIpc) is 2.52. The Balaban J connectivity index is 2.26. The number of halogens is 1. The average molecular weight is 354 g/mol. The predicted octanol–water partition coefficient (Wildman–Crippen LogP) is 3.63. The molecule has 0 unspecified atom stereocenters. The summed E-state index contributed by atoms with van der Waals surface area (Å²) in [6.45, 7) is 3.69. The van der Waals surface area contributed by atoms with Crippen molar-refractivity contribution in [3.63, 3.8) is 0 Å². The maximum absolute atomic E-state index is 12.4. The zero-order chi connectivity index (χ0) is 17.0. The maximum atomic E-state index is 12.4. The number of sulfonamides is 1. The molecular weight excluding hydrogens is 338 g/mol. The van der Waals surface area contributed by atoms with Gasteiger partial charge in [0.25, 0.3) is 10.0 Å². The molecule has 0 saturated carbocycles. The van der Waals surface area contributed by atoms with E-state index in [1.807, 2.05) is 0 Å². The normalized spacial score (nSPS) is 11.1. The predicted molar refractivity (Wildman–Crippen MR) is 89.4 cm³/mol. The summed E-state index contributed by atoms with van der Waals surface area (Å²) in [5.74, 6) is -0.491. The second-order valence-corrected chi connectivity index (χ2v) is 6.85. The van der Waals surface area contributed by atoms with E-state index in [2.05, 4.69) is 4.72 Å². The van der Waals surface area contributed by atoms with E-state index in [4.69, 9.17) is 16.3 Å². The van der Waals surface area contributed by atoms with Gasteiger partial charge in [-0.15, -0.1) is 0 Å². The Hall–Kier alpha value is -2.05. The Bertz CT molecular complexity index is 816. The first-order valence-corrected chi connectivity index (χ1v) is 8.76. The Morgan fingerprint density at radius 1 is 1.17 bits per heavy atom. The second-order valence-electron chi connectivity index (χ2n) is 4.76. The van der Waals surface area contributed by atoms with Crippen LogP contribution in [0.5, 0.6) is 0 Å². The summed E-state index contributed by atoms with van der Waals surface area (Å²) < 4.78 is 32.2. The van der Waals surface area contributed by atoms with E-state index in [0.717, 1.165) is 0 Å². The Labute approximate surface area is 140 Å². The van der Waals surface area contributed by atoms with Crippen molar-refractivity contribution in [1.82, 2.24) is 0 Å². The highest BCUT2D eigenvalue weighted by molar-refractivity contribution is 7.92. The smallest absolute Gasteiger partial charge is 0.338 e. The van der Waals surface area contributed by atoms with Gasteiger partial charge in [0.1, 0.15) is 0 Å². The molecule has 0 atom stereocenters. The van der Waals surface area contributed by atoms with Crippen LogP contribution in [0.15, 0.2) is 47.4 Å². The lowest BCUT2D eigenvalue weighted by molar-refractivity contribution is 0.0526. The topological polar surface area (TPSA) is 72.5 Å². The summed E-state index contributed by atoms with van der Waals surface area (Å²) in [7, 11) is -3.77. The fourth-order valence-electron chi connectivity index (χ4n) is 1.91. The number of rotatable bonds is 5. The van der Waals surface area contributed by atoms with Gasteiger partial charge in [0.2, 0.25) is 0 Å². The van der Waals surface area contributed by atoms with Gasteiger partial charge in [-0.2, -0.15) is 0 Å². The van der Waals surface area contributed by atoms with E-state index in [1.54, 1.807) is 32.0 Å². The number of hydrogen-bond donors (Lipinski definition) is 1. The first kappa shape index (κ1) is 17.3. The van der Waals surface area contributed by atoms with Crippen LogP contribution in [-0.4, -0.2) is 21.0 Å². The van der Waals surface area contributed by atoms with Crippen molar-refractivity contribution in [3.05, 3.63) is 58.6 Å². The third-order valence-electron chi connectivity index (χ3n) is 3.19. The number of ether oxygens (including phenoxy) is 1. The van der Waals surface area contributed by atoms with Gasteiger partial charge in [-0.1, -0.05) is 17.7 Å². The first-order valence-electron chi connectivity index (χ1n) is 6.90. The van der Waals surface area contributed by atoms with Gasteiger partial charge in [-0.25, -0.2) is 13.2 Å². The molecule has 0 saturated heterocycles. The first-order chi connectivity index (χ1) is 10.8. The number of hydrogen-bond acceptors (Lipinski definition) is 4. The van der Waals surface area contributed by atoms with Gasteiger partial charge in [0, 0.05) is 5.02 Å². The van der Waals surface area contributed by atoms with Crippen LogP contribution >= 0.6 is 11.6 Å². The fraction of sp³-hybridized carbons (Fsp3) is 0.188. The standard InChI is InChI=1S/C16H16ClNO4S/c1-3-22-16(19)12-7-9-13(10-8-12)23(20,21)18-15-6-4-5-14(17)11(15)2/h4-10,18H,3H2,1-2H3. The molecule has 0 aliphatic heterocycles. The summed E-state index contributed by atoms with van der Waals surface area (Å²) in [5.41, 5.74) is 1.34. The van der Waals surface area contributed by atoms with Crippen molar-refractivity contribution in [3.8, 4) is 0 Å². The quantitative estimate of drug-likeness (QED) is 0.833. The summed E-state index contributed by atoms with van der Waals surface area (Å²) in [6.07, 6.45) is 0. The number of esters is 1. The number of carbonyl (C=O) groups excluding carboxylic acids is 1. The van der Waals surface area contributed by atoms with Crippen LogP contribution in [0.4, 0.5) is 5.69 Å². The molecule has 0 bridgehead atoms. The third-order valence-corrected chi connectivity index (χ3v) is 4.98. The highest BCUT2D eigenvalue weighted by atomic mass is 35.5. The van der Waals surface area contributed by atoms with Gasteiger partial charge in [-0.05, 0) is 55.8 Å². The van der Waals surface area contributed by atoms with E-state index in [1.165, 1.54) is 24.3 Å². The van der Waals surface area contributed by atoms with Gasteiger partial charge in [0.15, 0.2) is 0 Å². The molecule has 0 amide bonds. The van der Waals surface area contributed by atoms with Crippen molar-refractivity contribution < 1.29 is 17.9 Å². The number of nitrogens with one attached hydrogen (secondary N) is 1. The van der Waals surface area contributed by atoms with Crippen molar-refractivity contribution in [1.29, 1.82) is 0 Å². The monoisotopic (exact) mass is 353 g/mol. The molecule has 0 spiro atoms. The van der Waals surface area contributed by atoms with Crippen LogP contribution in [0.2, 0.25) is 5.02 Å². The second kappa shape index (κ2) is 7.02. The molecule has 23 heavy (non-hydrogen) atoms. The lowest BCUT2D eigenvalue weighted by Gasteiger charge is -2.11. The summed E-state index contributed by atoms with van der Waals surface area (Å²) in [4.78, 5) is 11.6. The van der Waals surface area contributed by atoms with E-state index in [0.29, 0.717) is 21.8 Å². The minimum Gasteiger partial charge on any atom is -0.462 e. The van der Waals surface area contributed by atoms with E-state index < -0.39 is 16.0 Å². The molecule has 0 aromatic heterocycles. The molecular formula is C16H16ClNO4S. The Morgan fingerprint density at radius 2 is 1.83 bits per heavy atom. The summed E-state index contributed by atoms with van der Waals surface area (Å²) in [5, 5.41) is 0.475. The van der Waals surface area contributed by atoms with Crippen LogP contribution < -0.4 is 4.72 Å². The minimum absolute atomic E-state index is 0.0462. The molecule has 7 heteroatoms. The Morgan fingerprint density at radius 3 is 2.43 bits per heavy atom. The molecule has 0 heterocycles. The van der Waals surface area contributed by atoms with Crippen LogP contribution in [0.1, 0.15) is 22.8 Å². The number of anilines is 1. The molecule has 122 valence electrons. The molecule has 0 radical (unpaired) electrons. The molecule has 0 aliphatic carbocycles. The zero-order valence-corrected chi connectivity index (χ0v) is 14.2. The molecule has 2 aromatic carbocycles. The molecule has 0 aliphatic rings. The fourth-order valence-corrected chi connectivity index (χ4v) is 3.20. The van der Waals surface area contributed by atoms with Crippen LogP contribution in [-0.2, 0) is 14.8 Å². The molecule has 0 fully saturated rings. The van der Waals surface area contributed by atoms with Gasteiger partial charge >= 0.3 is 5.97 Å². The maximum Gasteiger partial charge on any atom is 0.338 e. The number of benzene rings is 2. The van der Waals surface area contributed by atoms with Crippen LogP contribution in [0, 0.1) is 6.92 Å². The SMILES string of the molecule is CCOC(=O)c1ccc(S(=O)(=O)Nc2cccc(Cl)c2C)cc1. The lowest BCUT2D eigenvalue weighted by atomic mass is 10.2.